The van der Waals surface area contributed by atoms with Crippen molar-refractivity contribution in [3.05, 3.63) is 24.0 Å². The van der Waals surface area contributed by atoms with Gasteiger partial charge in [-0.1, -0.05) is 6.08 Å². The average Bonchev–Trinajstić information content (AvgIpc) is 2.14. The molecule has 0 saturated carbocycles. The Kier molecular flexibility index (Phi) is 3.14. The molecule has 0 aliphatic heterocycles. The van der Waals surface area contributed by atoms with E-state index in [-0.39, 0.29) is 5.95 Å². The topological polar surface area (TPSA) is 64.2 Å². The van der Waals surface area contributed by atoms with Crippen LogP contribution in [0.5, 0.6) is 0 Å². The molecule has 0 aromatic carbocycles. The van der Waals surface area contributed by atoms with Gasteiger partial charge in [0.2, 0.25) is 5.95 Å². The molecule has 0 aliphatic rings. The Hall–Kier alpha value is -1.71. The summed E-state index contributed by atoms with van der Waals surface area (Å²) in [5.41, 5.74) is 7.19. The normalized spacial score (nSPS) is 12.3. The molecule has 68 valence electrons. The van der Waals surface area contributed by atoms with E-state index in [0.29, 0.717) is 0 Å². The lowest BCUT2D eigenvalue weighted by atomic mass is 10.2. The highest BCUT2D eigenvalue weighted by molar-refractivity contribution is 6.08. The number of rotatable bonds is 2. The summed E-state index contributed by atoms with van der Waals surface area (Å²) in [6.45, 7) is 1.93. The van der Waals surface area contributed by atoms with Gasteiger partial charge in [-0.15, -0.1) is 0 Å². The lowest BCUT2D eigenvalue weighted by molar-refractivity contribution is 1.16. The van der Waals surface area contributed by atoms with Gasteiger partial charge in [-0.05, 0) is 13.0 Å². The van der Waals surface area contributed by atoms with Crippen molar-refractivity contribution in [2.45, 2.75) is 6.92 Å². The largest absolute Gasteiger partial charge is 0.368 e. The molecule has 0 bridgehead atoms. The van der Waals surface area contributed by atoms with Crippen molar-refractivity contribution >= 4 is 17.7 Å². The molecular weight excluding hydrogens is 164 g/mol. The summed E-state index contributed by atoms with van der Waals surface area (Å²) >= 11 is 0. The molecule has 0 atom stereocenters. The van der Waals surface area contributed by atoms with Crippen molar-refractivity contribution in [3.8, 4) is 0 Å². The van der Waals surface area contributed by atoms with Crippen molar-refractivity contribution in [3.63, 3.8) is 0 Å². The van der Waals surface area contributed by atoms with E-state index in [0.717, 1.165) is 11.3 Å². The minimum atomic E-state index is 0.279. The van der Waals surface area contributed by atoms with Crippen LogP contribution in [0.4, 0.5) is 5.95 Å². The molecule has 0 aliphatic carbocycles. The van der Waals surface area contributed by atoms with E-state index in [1.54, 1.807) is 25.5 Å². The predicted octanol–water partition coefficient (Wildman–Crippen LogP) is 1.16. The van der Waals surface area contributed by atoms with Gasteiger partial charge in [-0.3, -0.25) is 4.99 Å². The molecule has 4 heteroatoms. The summed E-state index contributed by atoms with van der Waals surface area (Å²) in [5, 5.41) is 0. The maximum Gasteiger partial charge on any atom is 0.220 e. The van der Waals surface area contributed by atoms with Crippen molar-refractivity contribution in [1.29, 1.82) is 0 Å². The van der Waals surface area contributed by atoms with E-state index >= 15 is 0 Å². The Morgan fingerprint density at radius 2 is 2.38 bits per heavy atom. The molecule has 0 spiro atoms. The average molecular weight is 176 g/mol. The molecule has 2 N–H and O–H groups in total. The zero-order chi connectivity index (χ0) is 9.68. The summed E-state index contributed by atoms with van der Waals surface area (Å²) in [7, 11) is 1.72. The third-order valence-electron chi connectivity index (χ3n) is 1.55. The first-order chi connectivity index (χ1) is 6.27. The molecule has 1 aromatic heterocycles. The smallest absolute Gasteiger partial charge is 0.220 e. The van der Waals surface area contributed by atoms with Gasteiger partial charge >= 0.3 is 0 Å². The predicted molar refractivity (Wildman–Crippen MR) is 54.5 cm³/mol. The Balaban J connectivity index is 3.06. The maximum absolute atomic E-state index is 5.45. The quantitative estimate of drug-likeness (QED) is 0.688. The zero-order valence-electron chi connectivity index (χ0n) is 7.73. The van der Waals surface area contributed by atoms with Crippen LogP contribution in [0, 0.1) is 0 Å². The number of aliphatic imine (C=N–C) groups is 1. The van der Waals surface area contributed by atoms with Crippen LogP contribution in [0.1, 0.15) is 12.6 Å². The van der Waals surface area contributed by atoms with E-state index < -0.39 is 0 Å². The van der Waals surface area contributed by atoms with Gasteiger partial charge in [-0.2, -0.15) is 0 Å². The van der Waals surface area contributed by atoms with Gasteiger partial charge in [0, 0.05) is 25.0 Å². The minimum absolute atomic E-state index is 0.279. The fraction of sp³-hybridized carbons (Fsp3) is 0.222. The number of nitrogens with zero attached hydrogens (tertiary/aromatic N) is 3. The standard InChI is InChI=1S/C9H12N4/c1-3-7(6-11-2)8-4-5-12-9(10)13-8/h3-6H,1-2H3,(H2,10,12,13)/b7-3+,11-6?. The molecule has 0 fully saturated rings. The summed E-state index contributed by atoms with van der Waals surface area (Å²) in [4.78, 5) is 11.8. The third-order valence-corrected chi connectivity index (χ3v) is 1.55. The van der Waals surface area contributed by atoms with Gasteiger partial charge in [0.05, 0.1) is 5.69 Å². The Bertz CT molecular complexity index is 341. The second kappa shape index (κ2) is 4.35. The van der Waals surface area contributed by atoms with Crippen LogP contribution in [0.15, 0.2) is 23.3 Å². The van der Waals surface area contributed by atoms with Crippen molar-refractivity contribution < 1.29 is 0 Å². The highest BCUT2D eigenvalue weighted by Crippen LogP contribution is 2.08. The Morgan fingerprint density at radius 1 is 1.62 bits per heavy atom. The SMILES string of the molecule is C/C=C(\C=NC)c1ccnc(N)n1. The number of hydrogen-bond acceptors (Lipinski definition) is 4. The Morgan fingerprint density at radius 3 is 2.92 bits per heavy atom. The van der Waals surface area contributed by atoms with E-state index in [1.807, 2.05) is 13.0 Å². The van der Waals surface area contributed by atoms with E-state index in [2.05, 4.69) is 15.0 Å². The van der Waals surface area contributed by atoms with Crippen LogP contribution in [0.3, 0.4) is 0 Å². The monoisotopic (exact) mass is 176 g/mol. The first kappa shape index (κ1) is 9.38. The van der Waals surface area contributed by atoms with E-state index in [4.69, 9.17) is 5.73 Å². The maximum atomic E-state index is 5.45. The molecule has 13 heavy (non-hydrogen) atoms. The molecule has 4 nitrogen and oxygen atoms in total. The lowest BCUT2D eigenvalue weighted by Crippen LogP contribution is -1.98. The molecule has 1 aromatic rings. The molecule has 0 saturated heterocycles. The van der Waals surface area contributed by atoms with Gasteiger partial charge in [0.15, 0.2) is 0 Å². The van der Waals surface area contributed by atoms with Gasteiger partial charge < -0.3 is 5.73 Å². The van der Waals surface area contributed by atoms with E-state index in [9.17, 15) is 0 Å². The summed E-state index contributed by atoms with van der Waals surface area (Å²) < 4.78 is 0. The number of hydrogen-bond donors (Lipinski definition) is 1. The van der Waals surface area contributed by atoms with Crippen LogP contribution < -0.4 is 5.73 Å². The second-order valence-electron chi connectivity index (χ2n) is 2.43. The highest BCUT2D eigenvalue weighted by atomic mass is 15.0. The minimum Gasteiger partial charge on any atom is -0.368 e. The molecule has 0 amide bonds. The van der Waals surface area contributed by atoms with Crippen LogP contribution in [0.2, 0.25) is 0 Å². The third kappa shape index (κ3) is 2.37. The molecule has 1 rings (SSSR count). The van der Waals surface area contributed by atoms with Crippen molar-refractivity contribution in [2.75, 3.05) is 12.8 Å². The van der Waals surface area contributed by atoms with Crippen LogP contribution >= 0.6 is 0 Å². The van der Waals surface area contributed by atoms with E-state index in [1.165, 1.54) is 0 Å². The summed E-state index contributed by atoms with van der Waals surface area (Å²) in [5.74, 6) is 0.279. The van der Waals surface area contributed by atoms with Gasteiger partial charge in [0.25, 0.3) is 0 Å². The first-order valence-corrected chi connectivity index (χ1v) is 3.95. The number of allylic oxidation sites excluding steroid dienone is 2. The van der Waals surface area contributed by atoms with Crippen molar-refractivity contribution in [1.82, 2.24) is 9.97 Å². The number of anilines is 1. The van der Waals surface area contributed by atoms with Crippen molar-refractivity contribution in [2.24, 2.45) is 4.99 Å². The highest BCUT2D eigenvalue weighted by Gasteiger charge is 1.99. The number of aromatic nitrogens is 2. The van der Waals surface area contributed by atoms with Crippen LogP contribution in [-0.2, 0) is 0 Å². The number of nitrogens with two attached hydrogens (primary N) is 1. The van der Waals surface area contributed by atoms with Crippen LogP contribution in [-0.4, -0.2) is 23.2 Å². The second-order valence-corrected chi connectivity index (χ2v) is 2.43. The summed E-state index contributed by atoms with van der Waals surface area (Å²) in [6, 6.07) is 1.80. The molecule has 0 unspecified atom stereocenters. The first-order valence-electron chi connectivity index (χ1n) is 3.95. The fourth-order valence-corrected chi connectivity index (χ4v) is 0.962. The van der Waals surface area contributed by atoms with Gasteiger partial charge in [0.1, 0.15) is 0 Å². The number of nitrogen functional groups attached to an aromatic ring is 1. The Labute approximate surface area is 77.2 Å². The molecular formula is C9H12N4. The van der Waals surface area contributed by atoms with Gasteiger partial charge in [-0.25, -0.2) is 9.97 Å². The zero-order valence-corrected chi connectivity index (χ0v) is 7.73. The lowest BCUT2D eigenvalue weighted by Gasteiger charge is -1.99. The molecule has 1 heterocycles. The molecule has 0 radical (unpaired) electrons. The summed E-state index contributed by atoms with van der Waals surface area (Å²) in [6.07, 6.45) is 5.29. The fourth-order valence-electron chi connectivity index (χ4n) is 0.962. The van der Waals surface area contributed by atoms with Crippen LogP contribution in [0.25, 0.3) is 5.57 Å².